The lowest BCUT2D eigenvalue weighted by Gasteiger charge is -2.09. The van der Waals surface area contributed by atoms with Crippen LogP contribution < -0.4 is 10.1 Å². The Morgan fingerprint density at radius 1 is 1.14 bits per heavy atom. The molecule has 28 heavy (non-hydrogen) atoms. The molecule has 0 saturated heterocycles. The van der Waals surface area contributed by atoms with Gasteiger partial charge in [0.25, 0.3) is 5.91 Å². The summed E-state index contributed by atoms with van der Waals surface area (Å²) in [5.41, 5.74) is 0.120. The lowest BCUT2D eigenvalue weighted by Crippen LogP contribution is -2.17. The number of amides is 1. The van der Waals surface area contributed by atoms with Crippen molar-refractivity contribution in [3.8, 4) is 11.4 Å². The highest BCUT2D eigenvalue weighted by molar-refractivity contribution is 6.03. The van der Waals surface area contributed by atoms with Gasteiger partial charge in [0, 0.05) is 0 Å². The summed E-state index contributed by atoms with van der Waals surface area (Å²) in [7, 11) is 0. The highest BCUT2D eigenvalue weighted by Crippen LogP contribution is 2.22. The van der Waals surface area contributed by atoms with E-state index in [1.807, 2.05) is 0 Å². The summed E-state index contributed by atoms with van der Waals surface area (Å²) >= 11 is 0. The van der Waals surface area contributed by atoms with E-state index < -0.39 is 29.8 Å². The fraction of sp³-hybridized carbons (Fsp3) is 0.167. The number of anilines is 1. The van der Waals surface area contributed by atoms with Crippen LogP contribution in [0.3, 0.4) is 0 Å². The molecule has 0 aliphatic carbocycles. The molecule has 1 aromatic heterocycles. The molecule has 3 rings (SSSR count). The first kappa shape index (κ1) is 19.3. The smallest absolute Gasteiger partial charge is 0.387 e. The quantitative estimate of drug-likeness (QED) is 0.643. The summed E-state index contributed by atoms with van der Waals surface area (Å²) in [6.45, 7) is -1.21. The molecular formula is C18H14F4N4O2. The van der Waals surface area contributed by atoms with E-state index in [4.69, 9.17) is 0 Å². The van der Waals surface area contributed by atoms with E-state index in [9.17, 15) is 22.4 Å². The number of carbonyl (C=O) groups excluding carboxylic acids is 1. The summed E-state index contributed by atoms with van der Waals surface area (Å²) in [6.07, 6.45) is 0.324. The van der Waals surface area contributed by atoms with Crippen molar-refractivity contribution in [3.63, 3.8) is 0 Å². The number of hydrogen-bond acceptors (Lipinski definition) is 4. The second-order valence-electron chi connectivity index (χ2n) is 5.57. The van der Waals surface area contributed by atoms with Crippen LogP contribution in [0.5, 0.6) is 5.75 Å². The number of halogens is 4. The number of benzene rings is 2. The Morgan fingerprint density at radius 3 is 2.36 bits per heavy atom. The van der Waals surface area contributed by atoms with Crippen molar-refractivity contribution in [1.29, 1.82) is 0 Å². The van der Waals surface area contributed by atoms with Crippen LogP contribution in [0.2, 0.25) is 0 Å². The number of nitrogens with one attached hydrogen (secondary N) is 1. The van der Waals surface area contributed by atoms with Crippen molar-refractivity contribution in [2.45, 2.75) is 20.0 Å². The number of ether oxygens (including phenoxy) is 1. The van der Waals surface area contributed by atoms with Gasteiger partial charge in [-0.3, -0.25) is 4.79 Å². The Labute approximate surface area is 156 Å². The Balaban J connectivity index is 1.88. The first-order valence-corrected chi connectivity index (χ1v) is 8.16. The van der Waals surface area contributed by atoms with Crippen LogP contribution in [0.25, 0.3) is 5.69 Å². The van der Waals surface area contributed by atoms with Crippen LogP contribution in [0, 0.1) is 11.6 Å². The predicted octanol–water partition coefficient (Wildman–Crippen LogP) is 3.96. The molecule has 0 aliphatic rings. The molecule has 6 nitrogen and oxygen atoms in total. The van der Waals surface area contributed by atoms with Gasteiger partial charge in [0.2, 0.25) is 0 Å². The Hall–Kier alpha value is -3.43. The fourth-order valence-corrected chi connectivity index (χ4v) is 2.56. The molecule has 1 heterocycles. The Morgan fingerprint density at radius 2 is 1.79 bits per heavy atom. The van der Waals surface area contributed by atoms with Gasteiger partial charge in [-0.1, -0.05) is 18.2 Å². The SMILES string of the molecule is CCc1c(C(=O)Nc2c(F)cccc2F)nnn1-c1ccc(OC(F)F)cc1. The number of carbonyl (C=O) groups is 1. The highest BCUT2D eigenvalue weighted by Gasteiger charge is 2.22. The molecule has 0 radical (unpaired) electrons. The van der Waals surface area contributed by atoms with E-state index in [-0.39, 0.29) is 11.4 Å². The second-order valence-corrected chi connectivity index (χ2v) is 5.57. The monoisotopic (exact) mass is 394 g/mol. The van der Waals surface area contributed by atoms with Crippen LogP contribution in [0.4, 0.5) is 23.2 Å². The maximum absolute atomic E-state index is 13.7. The van der Waals surface area contributed by atoms with Crippen molar-refractivity contribution in [1.82, 2.24) is 15.0 Å². The maximum atomic E-state index is 13.7. The number of para-hydroxylation sites is 1. The Kier molecular flexibility index (Phi) is 5.57. The zero-order valence-corrected chi connectivity index (χ0v) is 14.5. The number of aromatic nitrogens is 3. The third-order valence-corrected chi connectivity index (χ3v) is 3.82. The van der Waals surface area contributed by atoms with E-state index in [0.29, 0.717) is 17.8 Å². The van der Waals surface area contributed by atoms with Crippen molar-refractivity contribution in [2.75, 3.05) is 5.32 Å². The maximum Gasteiger partial charge on any atom is 0.387 e. The molecule has 0 aliphatic heterocycles. The minimum Gasteiger partial charge on any atom is -0.435 e. The van der Waals surface area contributed by atoms with Gasteiger partial charge >= 0.3 is 6.61 Å². The van der Waals surface area contributed by atoms with Crippen LogP contribution in [0.1, 0.15) is 23.1 Å². The molecule has 146 valence electrons. The topological polar surface area (TPSA) is 69.0 Å². The average Bonchev–Trinajstić information content (AvgIpc) is 3.09. The molecule has 0 atom stereocenters. The van der Waals surface area contributed by atoms with E-state index in [1.54, 1.807) is 6.92 Å². The van der Waals surface area contributed by atoms with Gasteiger partial charge in [-0.15, -0.1) is 5.10 Å². The van der Waals surface area contributed by atoms with Gasteiger partial charge < -0.3 is 10.1 Å². The number of nitrogens with zero attached hydrogens (tertiary/aromatic N) is 3. The lowest BCUT2D eigenvalue weighted by atomic mass is 10.2. The van der Waals surface area contributed by atoms with Crippen LogP contribution in [-0.4, -0.2) is 27.5 Å². The highest BCUT2D eigenvalue weighted by atomic mass is 19.3. The minimum atomic E-state index is -2.95. The summed E-state index contributed by atoms with van der Waals surface area (Å²) in [5, 5.41) is 9.84. The van der Waals surface area contributed by atoms with Gasteiger partial charge in [-0.05, 0) is 42.8 Å². The van der Waals surface area contributed by atoms with Crippen LogP contribution >= 0.6 is 0 Å². The number of alkyl halides is 2. The molecule has 0 unspecified atom stereocenters. The van der Waals surface area contributed by atoms with Crippen molar-refractivity contribution < 1.29 is 27.1 Å². The molecule has 0 fully saturated rings. The molecule has 0 bridgehead atoms. The third-order valence-electron chi connectivity index (χ3n) is 3.82. The van der Waals surface area contributed by atoms with E-state index in [2.05, 4.69) is 20.4 Å². The van der Waals surface area contributed by atoms with Crippen molar-refractivity contribution in [3.05, 3.63) is 65.5 Å². The zero-order chi connectivity index (χ0) is 20.3. The average molecular weight is 394 g/mol. The number of rotatable bonds is 6. The third kappa shape index (κ3) is 3.95. The van der Waals surface area contributed by atoms with E-state index >= 15 is 0 Å². The largest absolute Gasteiger partial charge is 0.435 e. The summed E-state index contributed by atoms with van der Waals surface area (Å²) in [4.78, 5) is 12.5. The molecule has 1 amide bonds. The lowest BCUT2D eigenvalue weighted by molar-refractivity contribution is -0.0498. The fourth-order valence-electron chi connectivity index (χ4n) is 2.56. The molecule has 1 N–H and O–H groups in total. The van der Waals surface area contributed by atoms with E-state index in [0.717, 1.165) is 12.1 Å². The standard InChI is InChI=1S/C18H14F4N4O2/c1-2-14-16(17(27)23-15-12(19)4-3-5-13(15)20)24-25-26(14)10-6-8-11(9-7-10)28-18(21)22/h3-9,18H,2H2,1H3,(H,23,27). The molecule has 0 saturated carbocycles. The van der Waals surface area contributed by atoms with Gasteiger partial charge in [0.1, 0.15) is 23.1 Å². The number of hydrogen-bond donors (Lipinski definition) is 1. The van der Waals surface area contributed by atoms with Crippen molar-refractivity contribution in [2.24, 2.45) is 0 Å². The molecule has 2 aromatic carbocycles. The second kappa shape index (κ2) is 8.07. The summed E-state index contributed by atoms with van der Waals surface area (Å²) < 4.78 is 57.6. The van der Waals surface area contributed by atoms with Crippen molar-refractivity contribution >= 4 is 11.6 Å². The summed E-state index contributed by atoms with van der Waals surface area (Å²) in [6, 6.07) is 8.76. The minimum absolute atomic E-state index is 0.0371. The first-order chi connectivity index (χ1) is 13.4. The van der Waals surface area contributed by atoms with Gasteiger partial charge in [-0.25, -0.2) is 13.5 Å². The predicted molar refractivity (Wildman–Crippen MR) is 91.7 cm³/mol. The summed E-state index contributed by atoms with van der Waals surface area (Å²) in [5.74, 6) is -2.71. The molecular weight excluding hydrogens is 380 g/mol. The van der Waals surface area contributed by atoms with Crippen LogP contribution in [0.15, 0.2) is 42.5 Å². The van der Waals surface area contributed by atoms with Gasteiger partial charge in [0.05, 0.1) is 11.4 Å². The van der Waals surface area contributed by atoms with Crippen LogP contribution in [-0.2, 0) is 6.42 Å². The Bertz CT molecular complexity index is 970. The molecule has 0 spiro atoms. The first-order valence-electron chi connectivity index (χ1n) is 8.16. The van der Waals surface area contributed by atoms with Gasteiger partial charge in [-0.2, -0.15) is 8.78 Å². The molecule has 10 heteroatoms. The molecule has 3 aromatic rings. The normalized spacial score (nSPS) is 10.9. The van der Waals surface area contributed by atoms with E-state index in [1.165, 1.54) is 35.0 Å². The zero-order valence-electron chi connectivity index (χ0n) is 14.5. The van der Waals surface area contributed by atoms with Gasteiger partial charge in [0.15, 0.2) is 5.69 Å².